The highest BCUT2D eigenvalue weighted by Gasteiger charge is 2.25. The summed E-state index contributed by atoms with van der Waals surface area (Å²) in [5.41, 5.74) is 30.7. The van der Waals surface area contributed by atoms with Gasteiger partial charge in [-0.25, -0.2) is 13.7 Å². The molecule has 5 nitrogen and oxygen atoms in total. The van der Waals surface area contributed by atoms with Crippen LogP contribution in [-0.2, 0) is 73.8 Å². The number of pyridine rings is 5. The fourth-order valence-electron chi connectivity index (χ4n) is 13.0. The Labute approximate surface area is 533 Å². The number of fused-ring (bicyclic) bond motifs is 3. The molecule has 3 aliphatic carbocycles. The van der Waals surface area contributed by atoms with E-state index in [1.54, 1.807) is 39.9 Å². The number of hydrogen-bond acceptors (Lipinski definition) is 0. The van der Waals surface area contributed by atoms with Crippen molar-refractivity contribution in [2.45, 2.75) is 146 Å². The van der Waals surface area contributed by atoms with Crippen LogP contribution in [0.15, 0.2) is 182 Å². The first-order valence-electron chi connectivity index (χ1n) is 35.0. The third kappa shape index (κ3) is 14.8. The van der Waals surface area contributed by atoms with Gasteiger partial charge in [-0.05, 0) is 205 Å². The molecule has 0 bridgehead atoms. The maximum absolute atomic E-state index is 8.30. The molecule has 1 atom stereocenters. The monoisotopic (exact) mass is 1160 g/mol. The van der Waals surface area contributed by atoms with E-state index in [4.69, 9.17) is 9.60 Å². The summed E-state index contributed by atoms with van der Waals surface area (Å²) in [5, 5.41) is 0. The lowest BCUT2D eigenvalue weighted by Crippen LogP contribution is -2.36. The van der Waals surface area contributed by atoms with Crippen molar-refractivity contribution < 1.29 is 32.4 Å². The lowest BCUT2D eigenvalue weighted by molar-refractivity contribution is -0.667. The third-order valence-corrected chi connectivity index (χ3v) is 18.4. The van der Waals surface area contributed by atoms with Crippen molar-refractivity contribution in [1.82, 2.24) is 0 Å². The molecule has 0 fully saturated rings. The quantitative estimate of drug-likeness (QED) is 0.148. The fourth-order valence-corrected chi connectivity index (χ4v) is 13.0. The highest BCUT2D eigenvalue weighted by molar-refractivity contribution is 5.67. The van der Waals surface area contributed by atoms with Crippen molar-refractivity contribution in [2.75, 3.05) is 0 Å². The number of hydrogen-bond donors (Lipinski definition) is 0. The standard InChI is InChI=1S/2C17H20N.C17H22N.C16H18N.C15H18N/c1-13-7-3-6-10-16(13)17-11-14-8-4-5-9-15(14)12-18(17)2;1-13-7-3-5-9-15(13)17-16-10-6-4-8-14(16)11-12-18(17)2;1-12(2)15-10-11-17(18(5)14(15)4)16-9-7-6-8-13(16)3;1-12-6-3-4-9-15(12)16-10-13-7-5-8-14(13)11-17(16)2;1-11-9-10-15(16(4)13(11)3)14-8-6-5-7-12(14)2/h3,6-7,10-12H,4-5,8-9H2,1-2H3;3,5,7,9,11-12H,4,6,8,10H2,1-2H3;6-12H,1-5H3;3-4,6,9-11H,5,7-8H2,1-2H3;5-10H,1-4H3/q5*+1/i;;1D3,12D;;1D3. The average Bonchev–Trinajstić information content (AvgIpc) is 0.941. The van der Waals surface area contributed by atoms with Crippen LogP contribution in [0.25, 0.3) is 56.3 Å². The topological polar surface area (TPSA) is 19.4 Å². The van der Waals surface area contributed by atoms with Gasteiger partial charge < -0.3 is 0 Å². The number of aromatic nitrogens is 5. The molecular weight excluding hydrogens is 1050 g/mol. The van der Waals surface area contributed by atoms with E-state index in [0.29, 0.717) is 11.1 Å². The first kappa shape index (κ1) is 54.3. The predicted octanol–water partition coefficient (Wildman–Crippen LogP) is 16.7. The summed E-state index contributed by atoms with van der Waals surface area (Å²) in [4.78, 5) is 0. The average molecular weight is 1160 g/mol. The van der Waals surface area contributed by atoms with Crippen molar-refractivity contribution >= 4 is 0 Å². The molecule has 0 amide bonds. The van der Waals surface area contributed by atoms with E-state index >= 15 is 0 Å². The molecule has 0 radical (unpaired) electrons. The van der Waals surface area contributed by atoms with Gasteiger partial charge in [0.05, 0.1) is 0 Å². The minimum atomic E-state index is -2.37. The second-order valence-electron chi connectivity index (χ2n) is 24.4. The molecule has 0 saturated heterocycles. The van der Waals surface area contributed by atoms with Gasteiger partial charge in [-0.2, -0.15) is 9.13 Å². The summed E-state index contributed by atoms with van der Waals surface area (Å²) in [7, 11) is 10.3. The van der Waals surface area contributed by atoms with Gasteiger partial charge in [-0.15, -0.1) is 0 Å². The highest BCUT2D eigenvalue weighted by atomic mass is 15.0. The van der Waals surface area contributed by atoms with Crippen LogP contribution in [-0.4, -0.2) is 0 Å². The molecule has 0 spiro atoms. The Hall–Kier alpha value is -8.15. The van der Waals surface area contributed by atoms with Crippen molar-refractivity contribution in [1.29, 1.82) is 0 Å². The van der Waals surface area contributed by atoms with Crippen molar-refractivity contribution in [3.05, 3.63) is 266 Å². The second-order valence-corrected chi connectivity index (χ2v) is 24.4. The van der Waals surface area contributed by atoms with Crippen LogP contribution >= 0.6 is 0 Å². The van der Waals surface area contributed by atoms with Gasteiger partial charge in [-0.3, -0.25) is 0 Å². The van der Waals surface area contributed by atoms with E-state index in [1.165, 1.54) is 139 Å². The Balaban J connectivity index is 0.000000139. The summed E-state index contributed by atoms with van der Waals surface area (Å²) in [6.45, 7) is 11.4. The summed E-state index contributed by atoms with van der Waals surface area (Å²) in [5.74, 6) is -1.63. The Kier molecular flexibility index (Phi) is 18.1. The Morgan fingerprint density at radius 3 is 1.23 bits per heavy atom. The second kappa shape index (κ2) is 29.0. The molecule has 0 aliphatic heterocycles. The summed E-state index contributed by atoms with van der Waals surface area (Å²) in [6.07, 6.45) is 21.0. The highest BCUT2D eigenvalue weighted by Crippen LogP contribution is 2.32. The number of benzene rings is 5. The number of nitrogens with zero attached hydrogens (tertiary/aromatic N) is 5. The van der Waals surface area contributed by atoms with Gasteiger partial charge in [0, 0.05) is 109 Å². The minimum Gasteiger partial charge on any atom is -0.201 e. The zero-order valence-corrected chi connectivity index (χ0v) is 54.3. The molecule has 5 aromatic carbocycles. The molecule has 5 heterocycles. The lowest BCUT2D eigenvalue weighted by Gasteiger charge is -2.17. The Morgan fingerprint density at radius 1 is 0.368 bits per heavy atom. The van der Waals surface area contributed by atoms with E-state index in [0.717, 1.165) is 39.5 Å². The van der Waals surface area contributed by atoms with Crippen molar-refractivity contribution in [3.8, 4) is 56.3 Å². The van der Waals surface area contributed by atoms with E-state index < -0.39 is 19.6 Å². The maximum atomic E-state index is 8.30. The summed E-state index contributed by atoms with van der Waals surface area (Å²) >= 11 is 0. The predicted molar refractivity (Wildman–Crippen MR) is 363 cm³/mol. The maximum Gasteiger partial charge on any atom is 0.216 e. The normalized spacial score (nSPS) is 15.0. The lowest BCUT2D eigenvalue weighted by atomic mass is 9.88. The van der Waals surface area contributed by atoms with Crippen LogP contribution in [0, 0.1) is 55.3 Å². The van der Waals surface area contributed by atoms with Gasteiger partial charge in [-0.1, -0.05) is 105 Å². The zero-order chi connectivity index (χ0) is 67.8. The molecule has 10 aromatic rings. The van der Waals surface area contributed by atoms with E-state index in [1.807, 2.05) is 79.5 Å². The molecule has 1 unspecified atom stereocenters. The Morgan fingerprint density at radius 2 is 0.759 bits per heavy atom. The molecule has 0 N–H and O–H groups in total. The summed E-state index contributed by atoms with van der Waals surface area (Å²) < 4.78 is 64.6. The molecule has 446 valence electrons. The SMILES string of the molecule is Cc1ccccc1-c1c2c(cc[n+]1C)CCCC2.Cc1ccccc1-c1cc2c(c[n+]1C)CCC2.Cc1ccccc1-c1cc2c(c[n+]1C)CCCC2.[2H]C([2H])([2H])C([2H])(C)c1ccc(-c2ccccc2C)[n+](C)c1C.[2H]C([2H])([2H])c1ccc(-c2ccccc2C)[n+](C)c1C. The van der Waals surface area contributed by atoms with Gasteiger partial charge in [0.2, 0.25) is 28.5 Å². The molecule has 87 heavy (non-hydrogen) atoms. The number of rotatable bonds is 6. The van der Waals surface area contributed by atoms with Gasteiger partial charge in [0.1, 0.15) is 35.2 Å². The fraction of sp³-hybridized carbons (Fsp3) is 0.329. The van der Waals surface area contributed by atoms with Gasteiger partial charge in [0.15, 0.2) is 30.0 Å². The first-order chi connectivity index (χ1) is 44.7. The molecule has 3 aliphatic rings. The van der Waals surface area contributed by atoms with Gasteiger partial charge in [0.25, 0.3) is 0 Å². The van der Waals surface area contributed by atoms with Gasteiger partial charge >= 0.3 is 0 Å². The van der Waals surface area contributed by atoms with Crippen LogP contribution < -0.4 is 22.8 Å². The first-order valence-corrected chi connectivity index (χ1v) is 31.5. The molecule has 13 rings (SSSR count). The van der Waals surface area contributed by atoms with Crippen LogP contribution in [0.5, 0.6) is 0 Å². The molecule has 5 heteroatoms. The van der Waals surface area contributed by atoms with Crippen LogP contribution in [0.1, 0.15) is 145 Å². The Bertz CT molecular complexity index is 4350. The summed E-state index contributed by atoms with van der Waals surface area (Å²) in [6, 6.07) is 56.5. The van der Waals surface area contributed by atoms with Crippen LogP contribution in [0.4, 0.5) is 0 Å². The van der Waals surface area contributed by atoms with E-state index in [-0.39, 0.29) is 0 Å². The van der Waals surface area contributed by atoms with Crippen molar-refractivity contribution in [2.24, 2.45) is 35.2 Å². The molecular formula is C82H98N5+5. The molecule has 5 aromatic heterocycles. The number of aryl methyl sites for hydroxylation is 14. The zero-order valence-electron chi connectivity index (χ0n) is 61.3. The smallest absolute Gasteiger partial charge is 0.201 e. The third-order valence-electron chi connectivity index (χ3n) is 18.4. The minimum absolute atomic E-state index is 0.410. The van der Waals surface area contributed by atoms with Crippen LogP contribution in [0.2, 0.25) is 0 Å². The van der Waals surface area contributed by atoms with Crippen molar-refractivity contribution in [3.63, 3.8) is 0 Å². The van der Waals surface area contributed by atoms with E-state index in [2.05, 4.69) is 197 Å². The van der Waals surface area contributed by atoms with E-state index in [9.17, 15) is 0 Å². The largest absolute Gasteiger partial charge is 0.216 e. The molecule has 0 saturated carbocycles. The van der Waals surface area contributed by atoms with Crippen LogP contribution in [0.3, 0.4) is 0 Å².